The number of hydrogen-bond donors (Lipinski definition) is 2. The van der Waals surface area contributed by atoms with E-state index in [1.165, 1.54) is 6.26 Å². The van der Waals surface area contributed by atoms with Gasteiger partial charge in [0.2, 0.25) is 10.0 Å². The molecule has 1 saturated heterocycles. The number of unbranched alkanes of at least 4 members (excludes halogenated alkanes) is 1. The quantitative estimate of drug-likeness (QED) is 0.368. The summed E-state index contributed by atoms with van der Waals surface area (Å²) < 4.78 is 30.8. The molecule has 2 unspecified atom stereocenters. The van der Waals surface area contributed by atoms with Gasteiger partial charge < -0.3 is 15.4 Å². The minimum absolute atomic E-state index is 0.0895. The van der Waals surface area contributed by atoms with E-state index >= 15 is 0 Å². The van der Waals surface area contributed by atoms with Crippen LogP contribution in [0, 0.1) is 11.3 Å². The maximum Gasteiger partial charge on any atom is 0.211 e. The van der Waals surface area contributed by atoms with Gasteiger partial charge in [-0.1, -0.05) is 27.2 Å². The van der Waals surface area contributed by atoms with E-state index in [4.69, 9.17) is 4.74 Å². The molecule has 2 N–H and O–H groups in total. The summed E-state index contributed by atoms with van der Waals surface area (Å²) in [6, 6.07) is 0.349. The molecule has 158 valence electrons. The number of aliphatic imine (C=N–C) groups is 1. The molecule has 1 heterocycles. The lowest BCUT2D eigenvalue weighted by Crippen LogP contribution is -2.63. The van der Waals surface area contributed by atoms with Crippen LogP contribution in [0.15, 0.2) is 4.99 Å². The van der Waals surface area contributed by atoms with Crippen LogP contribution in [0.25, 0.3) is 0 Å². The van der Waals surface area contributed by atoms with E-state index in [1.54, 1.807) is 11.4 Å². The number of sulfonamides is 1. The second-order valence-corrected chi connectivity index (χ2v) is 10.5. The molecule has 2 rings (SSSR count). The Morgan fingerprint density at radius 2 is 1.96 bits per heavy atom. The van der Waals surface area contributed by atoms with E-state index in [0.29, 0.717) is 31.2 Å². The van der Waals surface area contributed by atoms with Gasteiger partial charge in [0.05, 0.1) is 12.4 Å². The maximum atomic E-state index is 11.6. The molecule has 0 bridgehead atoms. The normalized spacial score (nSPS) is 27.2. The van der Waals surface area contributed by atoms with Gasteiger partial charge in [-0.15, -0.1) is 0 Å². The van der Waals surface area contributed by atoms with E-state index in [2.05, 4.69) is 36.4 Å². The van der Waals surface area contributed by atoms with Crippen molar-refractivity contribution >= 4 is 16.0 Å². The SMILES string of the molecule is CCCCOC1CC(NC(=NC)NCC2CCN(S(C)(=O)=O)CC2)C1(C)C. The zero-order chi connectivity index (χ0) is 20.1. The lowest BCUT2D eigenvalue weighted by molar-refractivity contribution is -0.113. The van der Waals surface area contributed by atoms with Crippen molar-refractivity contribution in [3.63, 3.8) is 0 Å². The molecule has 8 heteroatoms. The standard InChI is InChI=1S/C19H38N4O3S/c1-6-7-12-26-17-13-16(19(17,2)3)22-18(20-4)21-14-15-8-10-23(11-9-15)27(5,24)25/h15-17H,6-14H2,1-5H3,(H2,20,21,22). The Kier molecular flexibility index (Phi) is 7.94. The van der Waals surface area contributed by atoms with E-state index in [0.717, 1.165) is 51.2 Å². The first-order chi connectivity index (χ1) is 12.7. The Labute approximate surface area is 165 Å². The average Bonchev–Trinajstić information content (AvgIpc) is 2.62. The van der Waals surface area contributed by atoms with Crippen molar-refractivity contribution in [3.05, 3.63) is 0 Å². The Morgan fingerprint density at radius 3 is 2.48 bits per heavy atom. The van der Waals surface area contributed by atoms with Gasteiger partial charge in [0.25, 0.3) is 0 Å². The topological polar surface area (TPSA) is 83.0 Å². The van der Waals surface area contributed by atoms with Gasteiger partial charge >= 0.3 is 0 Å². The first-order valence-electron chi connectivity index (χ1n) is 10.2. The molecule has 1 aliphatic heterocycles. The van der Waals surface area contributed by atoms with Crippen molar-refractivity contribution in [1.82, 2.24) is 14.9 Å². The van der Waals surface area contributed by atoms with Crippen LogP contribution in [0.4, 0.5) is 0 Å². The van der Waals surface area contributed by atoms with Crippen molar-refractivity contribution < 1.29 is 13.2 Å². The van der Waals surface area contributed by atoms with Gasteiger partial charge in [0, 0.05) is 44.7 Å². The first-order valence-corrected chi connectivity index (χ1v) is 12.1. The largest absolute Gasteiger partial charge is 0.378 e. The molecular weight excluding hydrogens is 364 g/mol. The number of ether oxygens (including phenoxy) is 1. The highest BCUT2D eigenvalue weighted by Crippen LogP contribution is 2.42. The molecular formula is C19H38N4O3S. The molecule has 7 nitrogen and oxygen atoms in total. The van der Waals surface area contributed by atoms with E-state index in [9.17, 15) is 8.42 Å². The van der Waals surface area contributed by atoms with Crippen LogP contribution in [0.3, 0.4) is 0 Å². The summed E-state index contributed by atoms with van der Waals surface area (Å²) in [5, 5.41) is 6.97. The minimum atomic E-state index is -3.06. The number of hydrogen-bond acceptors (Lipinski definition) is 4. The molecule has 0 aromatic carbocycles. The molecule has 1 saturated carbocycles. The fourth-order valence-corrected chi connectivity index (χ4v) is 4.70. The van der Waals surface area contributed by atoms with Crippen molar-refractivity contribution in [2.75, 3.05) is 39.5 Å². The smallest absolute Gasteiger partial charge is 0.211 e. The van der Waals surface area contributed by atoms with E-state index in [-0.39, 0.29) is 5.41 Å². The van der Waals surface area contributed by atoms with Gasteiger partial charge in [-0.2, -0.15) is 0 Å². The molecule has 0 amide bonds. The fraction of sp³-hybridized carbons (Fsp3) is 0.947. The zero-order valence-electron chi connectivity index (χ0n) is 17.6. The highest BCUT2D eigenvalue weighted by atomic mass is 32.2. The third-order valence-corrected chi connectivity index (χ3v) is 7.43. The van der Waals surface area contributed by atoms with Gasteiger partial charge in [0.1, 0.15) is 0 Å². The van der Waals surface area contributed by atoms with Gasteiger partial charge in [-0.3, -0.25) is 4.99 Å². The maximum absolute atomic E-state index is 11.6. The lowest BCUT2D eigenvalue weighted by atomic mass is 9.64. The minimum Gasteiger partial charge on any atom is -0.378 e. The third-order valence-electron chi connectivity index (χ3n) is 6.13. The lowest BCUT2D eigenvalue weighted by Gasteiger charge is -2.52. The number of nitrogens with zero attached hydrogens (tertiary/aromatic N) is 2. The van der Waals surface area contributed by atoms with Crippen molar-refractivity contribution in [1.29, 1.82) is 0 Å². The van der Waals surface area contributed by atoms with Crippen LogP contribution < -0.4 is 10.6 Å². The summed E-state index contributed by atoms with van der Waals surface area (Å²) >= 11 is 0. The molecule has 0 spiro atoms. The summed E-state index contributed by atoms with van der Waals surface area (Å²) in [6.07, 6.45) is 6.65. The summed E-state index contributed by atoms with van der Waals surface area (Å²) in [6.45, 7) is 9.57. The van der Waals surface area contributed by atoms with Crippen LogP contribution in [0.2, 0.25) is 0 Å². The summed E-state index contributed by atoms with van der Waals surface area (Å²) in [5.74, 6) is 1.30. The van der Waals surface area contributed by atoms with Gasteiger partial charge in [-0.25, -0.2) is 12.7 Å². The number of rotatable bonds is 8. The number of nitrogens with one attached hydrogen (secondary N) is 2. The third kappa shape index (κ3) is 6.06. The zero-order valence-corrected chi connectivity index (χ0v) is 18.4. The van der Waals surface area contributed by atoms with Crippen molar-refractivity contribution in [2.45, 2.75) is 65.0 Å². The predicted octanol–water partition coefficient (Wildman–Crippen LogP) is 1.81. The van der Waals surface area contributed by atoms with Crippen molar-refractivity contribution in [2.24, 2.45) is 16.3 Å². The molecule has 2 fully saturated rings. The predicted molar refractivity (Wildman–Crippen MR) is 110 cm³/mol. The molecule has 1 aliphatic carbocycles. The molecule has 27 heavy (non-hydrogen) atoms. The summed E-state index contributed by atoms with van der Waals surface area (Å²) in [7, 11) is -1.26. The highest BCUT2D eigenvalue weighted by molar-refractivity contribution is 7.88. The molecule has 0 aromatic rings. The summed E-state index contributed by atoms with van der Waals surface area (Å²) in [4.78, 5) is 4.36. The van der Waals surface area contributed by atoms with Crippen LogP contribution in [0.1, 0.15) is 52.9 Å². The van der Waals surface area contributed by atoms with Gasteiger partial charge in [0.15, 0.2) is 5.96 Å². The monoisotopic (exact) mass is 402 g/mol. The molecule has 2 aliphatic rings. The Morgan fingerprint density at radius 1 is 1.30 bits per heavy atom. The van der Waals surface area contributed by atoms with E-state index < -0.39 is 10.0 Å². The van der Waals surface area contributed by atoms with Crippen LogP contribution in [-0.4, -0.2) is 70.4 Å². The van der Waals surface area contributed by atoms with Crippen LogP contribution in [-0.2, 0) is 14.8 Å². The Hall–Kier alpha value is -0.860. The molecule has 0 aromatic heterocycles. The number of piperidine rings is 1. The summed E-state index contributed by atoms with van der Waals surface area (Å²) in [5.41, 5.74) is 0.0895. The highest BCUT2D eigenvalue weighted by Gasteiger charge is 2.49. The molecule has 0 radical (unpaired) electrons. The fourth-order valence-electron chi connectivity index (χ4n) is 3.83. The van der Waals surface area contributed by atoms with Crippen molar-refractivity contribution in [3.8, 4) is 0 Å². The van der Waals surface area contributed by atoms with Crippen LogP contribution in [0.5, 0.6) is 0 Å². The number of guanidine groups is 1. The molecule has 2 atom stereocenters. The second kappa shape index (κ2) is 9.56. The van der Waals surface area contributed by atoms with E-state index in [1.807, 2.05) is 0 Å². The van der Waals surface area contributed by atoms with Gasteiger partial charge in [-0.05, 0) is 31.6 Å². The Bertz CT molecular complexity index is 598. The average molecular weight is 403 g/mol. The second-order valence-electron chi connectivity index (χ2n) is 8.53. The Balaban J connectivity index is 1.73. The van der Waals surface area contributed by atoms with Crippen LogP contribution >= 0.6 is 0 Å². The first kappa shape index (κ1) is 22.4.